The summed E-state index contributed by atoms with van der Waals surface area (Å²) in [6.07, 6.45) is -0.591. The normalized spacial score (nSPS) is 14.4. The van der Waals surface area contributed by atoms with Crippen LogP contribution < -0.4 is 20.1 Å². The van der Waals surface area contributed by atoms with Gasteiger partial charge in [0.2, 0.25) is 6.79 Å². The van der Waals surface area contributed by atoms with E-state index < -0.39 is 6.10 Å². The highest BCUT2D eigenvalue weighted by molar-refractivity contribution is 7.19. The molecule has 27 heavy (non-hydrogen) atoms. The van der Waals surface area contributed by atoms with Crippen LogP contribution in [0.2, 0.25) is 0 Å². The second-order valence-electron chi connectivity index (χ2n) is 6.20. The molecule has 0 spiro atoms. The van der Waals surface area contributed by atoms with E-state index in [-0.39, 0.29) is 6.79 Å². The topological polar surface area (TPSA) is 75.1 Å². The summed E-state index contributed by atoms with van der Waals surface area (Å²) in [5.41, 5.74) is 1.06. The van der Waals surface area contributed by atoms with Crippen molar-refractivity contribution in [3.05, 3.63) is 59.0 Å². The molecule has 1 atom stereocenters. The number of nitrogens with one attached hydrogen (secondary N) is 2. The van der Waals surface area contributed by atoms with Gasteiger partial charge in [-0.15, -0.1) is 11.3 Å². The number of rotatable bonds is 5. The third kappa shape index (κ3) is 3.99. The Hall–Kier alpha value is -2.77. The first kappa shape index (κ1) is 17.6. The number of hydrogen-bond acceptors (Lipinski definition) is 5. The molecule has 1 aliphatic rings. The Morgan fingerprint density at radius 1 is 1.15 bits per heavy atom. The van der Waals surface area contributed by atoms with Gasteiger partial charge in [-0.1, -0.05) is 24.3 Å². The van der Waals surface area contributed by atoms with Crippen LogP contribution in [-0.4, -0.2) is 31.5 Å². The third-order valence-corrected chi connectivity index (χ3v) is 5.57. The summed E-state index contributed by atoms with van der Waals surface area (Å²) in [6.45, 7) is 1.24. The maximum absolute atomic E-state index is 10.5. The van der Waals surface area contributed by atoms with Crippen molar-refractivity contribution in [3.63, 3.8) is 0 Å². The van der Waals surface area contributed by atoms with E-state index in [1.165, 1.54) is 4.70 Å². The van der Waals surface area contributed by atoms with Gasteiger partial charge < -0.3 is 25.2 Å². The maximum Gasteiger partial charge on any atom is 0.231 e. The minimum atomic E-state index is -0.591. The van der Waals surface area contributed by atoms with Crippen LogP contribution in [0.4, 0.5) is 0 Å². The fraction of sp³-hybridized carbons (Fsp3) is 0.250. The molecule has 6 nitrogen and oxygen atoms in total. The molecule has 3 aromatic rings. The van der Waals surface area contributed by atoms with Gasteiger partial charge in [-0.3, -0.25) is 4.99 Å². The predicted octanol–water partition coefficient (Wildman–Crippen LogP) is 3.03. The van der Waals surface area contributed by atoms with Crippen molar-refractivity contribution >= 4 is 27.4 Å². The molecule has 140 valence electrons. The number of aliphatic hydroxyl groups excluding tert-OH is 1. The molecule has 3 N–H and O–H groups in total. The lowest BCUT2D eigenvalue weighted by molar-refractivity contribution is 0.174. The Kier molecular flexibility index (Phi) is 5.13. The average Bonchev–Trinajstić information content (AvgIpc) is 3.34. The van der Waals surface area contributed by atoms with E-state index >= 15 is 0 Å². The Balaban J connectivity index is 1.32. The van der Waals surface area contributed by atoms with Gasteiger partial charge in [-0.2, -0.15) is 0 Å². The minimum Gasteiger partial charge on any atom is -0.454 e. The second-order valence-corrected chi connectivity index (χ2v) is 7.31. The minimum absolute atomic E-state index is 0.269. The number of fused-ring (bicyclic) bond motifs is 2. The van der Waals surface area contributed by atoms with E-state index in [1.54, 1.807) is 18.4 Å². The second kappa shape index (κ2) is 7.85. The van der Waals surface area contributed by atoms with Gasteiger partial charge in [0.1, 0.15) is 6.10 Å². The van der Waals surface area contributed by atoms with Crippen molar-refractivity contribution in [2.75, 3.05) is 20.4 Å². The summed E-state index contributed by atoms with van der Waals surface area (Å²) in [5, 5.41) is 18.1. The molecule has 2 aromatic carbocycles. The van der Waals surface area contributed by atoms with E-state index in [0.717, 1.165) is 27.3 Å². The fourth-order valence-electron chi connectivity index (χ4n) is 2.92. The highest BCUT2D eigenvalue weighted by atomic mass is 32.1. The molecule has 4 rings (SSSR count). The van der Waals surface area contributed by atoms with Gasteiger partial charge in [-0.25, -0.2) is 0 Å². The van der Waals surface area contributed by atoms with Gasteiger partial charge in [0.05, 0.1) is 0 Å². The Labute approximate surface area is 161 Å². The summed E-state index contributed by atoms with van der Waals surface area (Å²) < 4.78 is 11.9. The molecular formula is C20H21N3O3S. The standard InChI is InChI=1S/C20H21N3O3S/c1-21-20(22-10-13-6-7-16-17(8-13)26-12-25-16)23-11-15(24)19-9-14-4-2-3-5-18(14)27-19/h2-9,15,24H,10-12H2,1H3,(H2,21,22,23). The maximum atomic E-state index is 10.5. The molecule has 0 fully saturated rings. The van der Waals surface area contributed by atoms with E-state index in [4.69, 9.17) is 9.47 Å². The molecular weight excluding hydrogens is 362 g/mol. The fourth-order valence-corrected chi connectivity index (χ4v) is 3.97. The zero-order valence-corrected chi connectivity index (χ0v) is 15.8. The van der Waals surface area contributed by atoms with Crippen molar-refractivity contribution in [3.8, 4) is 11.5 Å². The Morgan fingerprint density at radius 2 is 2.00 bits per heavy atom. The summed E-state index contributed by atoms with van der Waals surface area (Å²) in [5.74, 6) is 2.16. The summed E-state index contributed by atoms with van der Waals surface area (Å²) in [7, 11) is 1.71. The van der Waals surface area contributed by atoms with Gasteiger partial charge in [-0.05, 0) is 35.2 Å². The van der Waals surface area contributed by atoms with E-state index in [9.17, 15) is 5.11 Å². The number of aliphatic hydroxyl groups is 1. The highest BCUT2D eigenvalue weighted by Gasteiger charge is 2.14. The molecule has 1 aromatic heterocycles. The van der Waals surface area contributed by atoms with Gasteiger partial charge in [0.25, 0.3) is 0 Å². The number of guanidine groups is 1. The van der Waals surface area contributed by atoms with Crippen molar-refractivity contribution in [1.29, 1.82) is 0 Å². The number of benzene rings is 2. The summed E-state index contributed by atoms with van der Waals surface area (Å²) in [4.78, 5) is 5.15. The van der Waals surface area contributed by atoms with Crippen LogP contribution in [0, 0.1) is 0 Å². The van der Waals surface area contributed by atoms with Crippen molar-refractivity contribution in [1.82, 2.24) is 10.6 Å². The largest absolute Gasteiger partial charge is 0.454 e. The summed E-state index contributed by atoms with van der Waals surface area (Å²) >= 11 is 1.61. The average molecular weight is 383 g/mol. The van der Waals surface area contributed by atoms with Crippen LogP contribution in [0.25, 0.3) is 10.1 Å². The van der Waals surface area contributed by atoms with Gasteiger partial charge >= 0.3 is 0 Å². The van der Waals surface area contributed by atoms with Crippen molar-refractivity contribution in [2.24, 2.45) is 4.99 Å². The first-order valence-corrected chi connectivity index (χ1v) is 9.54. The first-order chi connectivity index (χ1) is 13.2. The van der Waals surface area contributed by atoms with Crippen LogP contribution in [0.3, 0.4) is 0 Å². The van der Waals surface area contributed by atoms with Crippen LogP contribution in [-0.2, 0) is 6.54 Å². The highest BCUT2D eigenvalue weighted by Crippen LogP contribution is 2.32. The van der Waals surface area contributed by atoms with Crippen molar-refractivity contribution < 1.29 is 14.6 Å². The van der Waals surface area contributed by atoms with Crippen LogP contribution in [0.15, 0.2) is 53.5 Å². The smallest absolute Gasteiger partial charge is 0.231 e. The first-order valence-electron chi connectivity index (χ1n) is 8.72. The zero-order valence-electron chi connectivity index (χ0n) is 14.9. The quantitative estimate of drug-likeness (QED) is 0.466. The third-order valence-electron chi connectivity index (χ3n) is 4.36. The predicted molar refractivity (Wildman–Crippen MR) is 108 cm³/mol. The van der Waals surface area contributed by atoms with E-state index in [2.05, 4.69) is 27.8 Å². The number of aliphatic imine (C=N–C) groups is 1. The van der Waals surface area contributed by atoms with Crippen molar-refractivity contribution in [2.45, 2.75) is 12.6 Å². The number of ether oxygens (including phenoxy) is 2. The molecule has 0 saturated heterocycles. The van der Waals surface area contributed by atoms with Crippen LogP contribution in [0.1, 0.15) is 16.5 Å². The Bertz CT molecular complexity index is 937. The molecule has 0 saturated carbocycles. The number of nitrogens with zero attached hydrogens (tertiary/aromatic N) is 1. The zero-order chi connectivity index (χ0) is 18.6. The molecule has 2 heterocycles. The molecule has 0 amide bonds. The monoisotopic (exact) mass is 383 g/mol. The molecule has 0 aliphatic carbocycles. The van der Waals surface area contributed by atoms with Gasteiger partial charge in [0, 0.05) is 29.7 Å². The Morgan fingerprint density at radius 3 is 2.85 bits per heavy atom. The molecule has 0 radical (unpaired) electrons. The molecule has 0 bridgehead atoms. The molecule has 7 heteroatoms. The lowest BCUT2D eigenvalue weighted by Crippen LogP contribution is -2.38. The lowest BCUT2D eigenvalue weighted by Gasteiger charge is -2.14. The number of thiophene rings is 1. The van der Waals surface area contributed by atoms with Crippen LogP contribution >= 0.6 is 11.3 Å². The molecule has 1 unspecified atom stereocenters. The van der Waals surface area contributed by atoms with E-state index in [1.807, 2.05) is 36.4 Å². The number of hydrogen-bond donors (Lipinski definition) is 3. The summed E-state index contributed by atoms with van der Waals surface area (Å²) in [6, 6.07) is 16.0. The SMILES string of the molecule is CN=C(NCc1ccc2c(c1)OCO2)NCC(O)c1cc2ccccc2s1. The van der Waals surface area contributed by atoms with E-state index in [0.29, 0.717) is 19.0 Å². The van der Waals surface area contributed by atoms with Gasteiger partial charge in [0.15, 0.2) is 17.5 Å². The lowest BCUT2D eigenvalue weighted by atomic mass is 10.2. The molecule has 1 aliphatic heterocycles. The van der Waals surface area contributed by atoms with Crippen LogP contribution in [0.5, 0.6) is 11.5 Å².